The highest BCUT2D eigenvalue weighted by atomic mass is 32.2. The van der Waals surface area contributed by atoms with Gasteiger partial charge < -0.3 is 5.32 Å². The number of hydrogen-bond donors (Lipinski definition) is 1. The largest absolute Gasteiger partial charge is 0.352 e. The Bertz CT molecular complexity index is 528. The molecule has 1 aromatic rings. The van der Waals surface area contributed by atoms with Crippen molar-refractivity contribution in [1.29, 1.82) is 0 Å². The molecule has 1 N–H and O–H groups in total. The van der Waals surface area contributed by atoms with Gasteiger partial charge in [0.2, 0.25) is 16.9 Å². The Balaban J connectivity index is 1.92. The summed E-state index contributed by atoms with van der Waals surface area (Å²) in [6.07, 6.45) is 4.15. The molecule has 0 aromatic carbocycles. The molecule has 1 aromatic heterocycles. The minimum absolute atomic E-state index is 0.0691. The van der Waals surface area contributed by atoms with Gasteiger partial charge in [-0.1, -0.05) is 36.1 Å². The van der Waals surface area contributed by atoms with Gasteiger partial charge in [0, 0.05) is 19.0 Å². The van der Waals surface area contributed by atoms with Crippen LogP contribution in [0, 0.1) is 0 Å². The maximum absolute atomic E-state index is 12.0. The van der Waals surface area contributed by atoms with Gasteiger partial charge in [0.05, 0.1) is 5.75 Å². The molecule has 8 heteroatoms. The fourth-order valence-corrected chi connectivity index (χ4v) is 3.45. The molecule has 0 radical (unpaired) electrons. The fraction of sp³-hybridized carbons (Fsp3) is 0.538. The number of nitrogens with one attached hydrogen (secondary N) is 1. The zero-order valence-electron chi connectivity index (χ0n) is 11.9. The van der Waals surface area contributed by atoms with Crippen molar-refractivity contribution in [2.75, 3.05) is 17.2 Å². The number of anilines is 1. The summed E-state index contributed by atoms with van der Waals surface area (Å²) in [7, 11) is 0. The van der Waals surface area contributed by atoms with Gasteiger partial charge in [-0.2, -0.15) is 0 Å². The van der Waals surface area contributed by atoms with Crippen molar-refractivity contribution >= 4 is 40.0 Å². The highest BCUT2D eigenvalue weighted by Crippen LogP contribution is 2.36. The summed E-state index contributed by atoms with van der Waals surface area (Å²) in [6, 6.07) is 0.277. The molecule has 0 spiro atoms. The second-order valence-electron chi connectivity index (χ2n) is 4.58. The molecule has 0 saturated heterocycles. The Morgan fingerprint density at radius 1 is 1.52 bits per heavy atom. The van der Waals surface area contributed by atoms with Gasteiger partial charge in [0.1, 0.15) is 0 Å². The summed E-state index contributed by atoms with van der Waals surface area (Å²) in [4.78, 5) is 25.2. The first-order chi connectivity index (χ1) is 10.2. The molecule has 1 fully saturated rings. The van der Waals surface area contributed by atoms with Crippen LogP contribution in [0.1, 0.15) is 26.2 Å². The van der Waals surface area contributed by atoms with E-state index in [0.717, 1.165) is 12.8 Å². The number of aromatic nitrogens is 2. The minimum atomic E-state index is -0.0691. The van der Waals surface area contributed by atoms with Crippen molar-refractivity contribution in [3.8, 4) is 0 Å². The van der Waals surface area contributed by atoms with E-state index in [9.17, 15) is 9.59 Å². The van der Waals surface area contributed by atoms with E-state index in [1.165, 1.54) is 23.1 Å². The molecule has 0 unspecified atom stereocenters. The lowest BCUT2D eigenvalue weighted by Crippen LogP contribution is -2.32. The molecule has 1 aliphatic rings. The van der Waals surface area contributed by atoms with Crippen molar-refractivity contribution in [1.82, 2.24) is 15.5 Å². The number of carbonyl (C=O) groups is 2. The lowest BCUT2D eigenvalue weighted by Gasteiger charge is -2.17. The van der Waals surface area contributed by atoms with Crippen LogP contribution in [0.4, 0.5) is 5.13 Å². The van der Waals surface area contributed by atoms with Crippen LogP contribution >= 0.6 is 23.1 Å². The molecule has 0 atom stereocenters. The summed E-state index contributed by atoms with van der Waals surface area (Å²) >= 11 is 2.69. The highest BCUT2D eigenvalue weighted by molar-refractivity contribution is 8.01. The Hall–Kier alpha value is -1.41. The van der Waals surface area contributed by atoms with E-state index in [1.807, 2.05) is 6.92 Å². The van der Waals surface area contributed by atoms with Crippen molar-refractivity contribution in [3.05, 3.63) is 12.7 Å². The van der Waals surface area contributed by atoms with E-state index in [0.29, 0.717) is 22.4 Å². The monoisotopic (exact) mass is 326 g/mol. The summed E-state index contributed by atoms with van der Waals surface area (Å²) in [6.45, 7) is 5.85. The van der Waals surface area contributed by atoms with Crippen LogP contribution in [-0.4, -0.2) is 40.4 Å². The lowest BCUT2D eigenvalue weighted by atomic mass is 10.4. The van der Waals surface area contributed by atoms with Gasteiger partial charge in [-0.05, 0) is 12.8 Å². The first-order valence-corrected chi connectivity index (χ1v) is 8.61. The molecular formula is C13H18N4O2S2. The standard InChI is InChI=1S/C13H18N4O2S2/c1-3-7-14-10(18)8-20-13-16-15-12(21-13)17(9-5-6-9)11(19)4-2/h3,9H,1,4-8H2,2H3,(H,14,18). The van der Waals surface area contributed by atoms with E-state index in [2.05, 4.69) is 22.1 Å². The highest BCUT2D eigenvalue weighted by Gasteiger charge is 2.35. The van der Waals surface area contributed by atoms with Crippen LogP contribution in [0.3, 0.4) is 0 Å². The molecule has 0 bridgehead atoms. The predicted octanol–water partition coefficient (Wildman–Crippen LogP) is 1.84. The first-order valence-electron chi connectivity index (χ1n) is 6.81. The molecule has 114 valence electrons. The van der Waals surface area contributed by atoms with Gasteiger partial charge in [-0.25, -0.2) is 0 Å². The Morgan fingerprint density at radius 3 is 2.90 bits per heavy atom. The van der Waals surface area contributed by atoms with Crippen LogP contribution in [0.15, 0.2) is 17.0 Å². The molecule has 2 rings (SSSR count). The zero-order chi connectivity index (χ0) is 15.2. The Labute approximate surface area is 132 Å². The SMILES string of the molecule is C=CCNC(=O)CSc1nnc(N(C(=O)CC)C2CC2)s1. The third kappa shape index (κ3) is 4.53. The van der Waals surface area contributed by atoms with Gasteiger partial charge in [0.15, 0.2) is 4.34 Å². The first kappa shape index (κ1) is 16.0. The van der Waals surface area contributed by atoms with Gasteiger partial charge in [-0.3, -0.25) is 14.5 Å². The maximum Gasteiger partial charge on any atom is 0.230 e. The second kappa shape index (κ2) is 7.56. The molecule has 0 aliphatic heterocycles. The quantitative estimate of drug-likeness (QED) is 0.448. The number of thioether (sulfide) groups is 1. The van der Waals surface area contributed by atoms with E-state index >= 15 is 0 Å². The molecule has 1 heterocycles. The Kier molecular flexibility index (Phi) is 5.75. The van der Waals surface area contributed by atoms with Crippen LogP contribution in [0.5, 0.6) is 0 Å². The number of hydrogen-bond acceptors (Lipinski definition) is 6. The normalized spacial score (nSPS) is 13.8. The van der Waals surface area contributed by atoms with E-state index in [4.69, 9.17) is 0 Å². The maximum atomic E-state index is 12.0. The van der Waals surface area contributed by atoms with Gasteiger partial charge in [-0.15, -0.1) is 16.8 Å². The predicted molar refractivity (Wildman–Crippen MR) is 84.6 cm³/mol. The van der Waals surface area contributed by atoms with E-state index < -0.39 is 0 Å². The number of rotatable bonds is 8. The van der Waals surface area contributed by atoms with Crippen LogP contribution < -0.4 is 10.2 Å². The van der Waals surface area contributed by atoms with Crippen molar-refractivity contribution in [2.45, 2.75) is 36.6 Å². The zero-order valence-corrected chi connectivity index (χ0v) is 13.5. The molecular weight excluding hydrogens is 308 g/mol. The molecule has 6 nitrogen and oxygen atoms in total. The average Bonchev–Trinajstić information content (AvgIpc) is 3.21. The summed E-state index contributed by atoms with van der Waals surface area (Å²) < 4.78 is 0.702. The molecule has 1 aliphatic carbocycles. The van der Waals surface area contributed by atoms with E-state index in [1.54, 1.807) is 11.0 Å². The van der Waals surface area contributed by atoms with Crippen molar-refractivity contribution < 1.29 is 9.59 Å². The fourth-order valence-electron chi connectivity index (χ4n) is 1.69. The molecule has 2 amide bonds. The van der Waals surface area contributed by atoms with E-state index in [-0.39, 0.29) is 23.6 Å². The average molecular weight is 326 g/mol. The van der Waals surface area contributed by atoms with Gasteiger partial charge >= 0.3 is 0 Å². The summed E-state index contributed by atoms with van der Waals surface area (Å²) in [5.74, 6) is 0.294. The lowest BCUT2D eigenvalue weighted by molar-refractivity contribution is -0.119. The third-order valence-corrected chi connectivity index (χ3v) is 4.91. The van der Waals surface area contributed by atoms with Crippen molar-refractivity contribution in [3.63, 3.8) is 0 Å². The minimum Gasteiger partial charge on any atom is -0.352 e. The number of carbonyl (C=O) groups excluding carboxylic acids is 2. The Morgan fingerprint density at radius 2 is 2.29 bits per heavy atom. The summed E-state index contributed by atoms with van der Waals surface area (Å²) in [5, 5.41) is 11.5. The van der Waals surface area contributed by atoms with Crippen LogP contribution in [0.25, 0.3) is 0 Å². The third-order valence-electron chi connectivity index (χ3n) is 2.86. The summed E-state index contributed by atoms with van der Waals surface area (Å²) in [5.41, 5.74) is 0. The molecule has 1 saturated carbocycles. The van der Waals surface area contributed by atoms with Crippen molar-refractivity contribution in [2.24, 2.45) is 0 Å². The van der Waals surface area contributed by atoms with Crippen LogP contribution in [-0.2, 0) is 9.59 Å². The smallest absolute Gasteiger partial charge is 0.230 e. The number of amides is 2. The molecule has 21 heavy (non-hydrogen) atoms. The van der Waals surface area contributed by atoms with Gasteiger partial charge in [0.25, 0.3) is 0 Å². The second-order valence-corrected chi connectivity index (χ2v) is 6.76. The van der Waals surface area contributed by atoms with Crippen LogP contribution in [0.2, 0.25) is 0 Å². The topological polar surface area (TPSA) is 75.2 Å². The number of nitrogens with zero attached hydrogens (tertiary/aromatic N) is 3.